The molecule has 5 aliphatic rings. The van der Waals surface area contributed by atoms with Gasteiger partial charge in [-0.3, -0.25) is 9.79 Å². The molecule has 1 saturated carbocycles. The molecule has 208 valence electrons. The van der Waals surface area contributed by atoms with Gasteiger partial charge in [0.2, 0.25) is 5.91 Å². The Kier molecular flexibility index (Phi) is 7.27. The molecule has 40 heavy (non-hydrogen) atoms. The van der Waals surface area contributed by atoms with Crippen LogP contribution in [0.2, 0.25) is 5.02 Å². The lowest BCUT2D eigenvalue weighted by Crippen LogP contribution is -2.47. The van der Waals surface area contributed by atoms with Gasteiger partial charge in [0.1, 0.15) is 17.7 Å². The first-order valence-electron chi connectivity index (χ1n) is 13.0. The number of carbonyl (C=O) groups excluding carboxylic acids is 1. The fraction of sp³-hybridized carbons (Fsp3) is 0.345. The number of nitrogens with one attached hydrogen (secondary N) is 1. The predicted octanol–water partition coefficient (Wildman–Crippen LogP) is 5.49. The summed E-state index contributed by atoms with van der Waals surface area (Å²) in [6.45, 7) is 4.64. The lowest BCUT2D eigenvalue weighted by Gasteiger charge is -2.35. The van der Waals surface area contributed by atoms with Crippen LogP contribution in [-0.2, 0) is 4.79 Å². The molecule has 4 heterocycles. The van der Waals surface area contributed by atoms with E-state index in [2.05, 4.69) is 21.8 Å². The standard InChI is InChI=1S/C29H26ClF3N4O2S/c1-14-6-7-40-27(14)28-36-26(20-4-2-16(31)10-21(20)30)25(22-5-3-17(34-22)12-24(32)33)23-11-18(13-37(23)28)35-29(39)15-8-19(38)9-15/h2-7,10,12,15,18-19,24,26-27,38H,1,8-9,11,13H2,(H,35,39)/b17-12+/t15?,18?,19?,26-,27?/m0/s1. The molecule has 2 fully saturated rings. The van der Waals surface area contributed by atoms with Gasteiger partial charge >= 0.3 is 0 Å². The Labute approximate surface area is 238 Å². The van der Waals surface area contributed by atoms with Crippen LogP contribution in [-0.4, -0.2) is 57.8 Å². The molecule has 2 N–H and O–H groups in total. The average molecular weight is 587 g/mol. The summed E-state index contributed by atoms with van der Waals surface area (Å²) < 4.78 is 40.3. The van der Waals surface area contributed by atoms with E-state index in [0.29, 0.717) is 42.7 Å². The average Bonchev–Trinajstić information content (AvgIpc) is 3.61. The van der Waals surface area contributed by atoms with Gasteiger partial charge in [-0.15, -0.1) is 11.8 Å². The van der Waals surface area contributed by atoms with Crippen molar-refractivity contribution in [3.05, 3.63) is 93.4 Å². The molecule has 1 aromatic rings. The number of aliphatic hydroxyl groups excluding tert-OH is 1. The number of aliphatic hydroxyl groups is 1. The van der Waals surface area contributed by atoms with E-state index in [1.54, 1.807) is 23.9 Å². The first kappa shape index (κ1) is 27.1. The van der Waals surface area contributed by atoms with Gasteiger partial charge in [-0.25, -0.2) is 18.2 Å². The number of thioether (sulfide) groups is 1. The Balaban J connectivity index is 1.45. The molecule has 0 bridgehead atoms. The number of benzene rings is 1. The van der Waals surface area contributed by atoms with Crippen molar-refractivity contribution in [3.8, 4) is 0 Å². The molecule has 0 radical (unpaired) electrons. The van der Waals surface area contributed by atoms with E-state index in [1.807, 2.05) is 11.5 Å². The van der Waals surface area contributed by atoms with Crippen molar-refractivity contribution in [2.24, 2.45) is 15.9 Å². The topological polar surface area (TPSA) is 77.3 Å². The molecule has 6 nitrogen and oxygen atoms in total. The summed E-state index contributed by atoms with van der Waals surface area (Å²) >= 11 is 8.11. The molecule has 1 aromatic carbocycles. The highest BCUT2D eigenvalue weighted by Crippen LogP contribution is 2.45. The van der Waals surface area contributed by atoms with E-state index in [1.165, 1.54) is 18.2 Å². The van der Waals surface area contributed by atoms with Crippen LogP contribution in [0.15, 0.2) is 87.0 Å². The number of hydrogen-bond acceptors (Lipinski definition) is 6. The third-order valence-electron chi connectivity index (χ3n) is 7.68. The van der Waals surface area contributed by atoms with Crippen molar-refractivity contribution in [3.63, 3.8) is 0 Å². The van der Waals surface area contributed by atoms with E-state index in [4.69, 9.17) is 16.6 Å². The van der Waals surface area contributed by atoms with Gasteiger partial charge in [0.05, 0.1) is 28.8 Å². The number of amides is 1. The number of amidine groups is 1. The molecule has 4 aliphatic heterocycles. The van der Waals surface area contributed by atoms with Gasteiger partial charge in [-0.1, -0.05) is 30.3 Å². The zero-order chi connectivity index (χ0) is 28.1. The van der Waals surface area contributed by atoms with Crippen molar-refractivity contribution in [2.45, 2.75) is 49.1 Å². The van der Waals surface area contributed by atoms with Crippen molar-refractivity contribution in [1.82, 2.24) is 10.2 Å². The number of hydrogen-bond donors (Lipinski definition) is 2. The molecule has 1 aliphatic carbocycles. The fourth-order valence-corrected chi connectivity index (χ4v) is 6.91. The van der Waals surface area contributed by atoms with Gasteiger partial charge < -0.3 is 15.3 Å². The summed E-state index contributed by atoms with van der Waals surface area (Å²) in [4.78, 5) is 24.6. The van der Waals surface area contributed by atoms with Crippen LogP contribution in [0.1, 0.15) is 30.9 Å². The molecule has 6 rings (SSSR count). The van der Waals surface area contributed by atoms with Crippen LogP contribution < -0.4 is 5.32 Å². The highest BCUT2D eigenvalue weighted by Gasteiger charge is 2.44. The second kappa shape index (κ2) is 10.7. The fourth-order valence-electron chi connectivity index (χ4n) is 5.67. The normalized spacial score (nSPS) is 30.2. The quantitative estimate of drug-likeness (QED) is 0.462. The summed E-state index contributed by atoms with van der Waals surface area (Å²) in [5, 5.41) is 14.7. The molecule has 11 heteroatoms. The Hall–Kier alpha value is -3.08. The molecule has 3 atom stereocenters. The second-order valence-corrected chi connectivity index (χ2v) is 11.8. The number of nitrogens with zero attached hydrogens (tertiary/aromatic N) is 3. The monoisotopic (exact) mass is 586 g/mol. The molecular weight excluding hydrogens is 561 g/mol. The Morgan fingerprint density at radius 2 is 2.08 bits per heavy atom. The maximum Gasteiger partial charge on any atom is 0.259 e. The van der Waals surface area contributed by atoms with Gasteiger partial charge in [-0.2, -0.15) is 0 Å². The number of rotatable bonds is 6. The Morgan fingerprint density at radius 3 is 2.75 bits per heavy atom. The minimum absolute atomic E-state index is 0.101. The van der Waals surface area contributed by atoms with E-state index in [0.717, 1.165) is 23.2 Å². The largest absolute Gasteiger partial charge is 0.393 e. The van der Waals surface area contributed by atoms with E-state index >= 15 is 0 Å². The second-order valence-electron chi connectivity index (χ2n) is 10.4. The van der Waals surface area contributed by atoms with Crippen molar-refractivity contribution in [2.75, 3.05) is 6.54 Å². The SMILES string of the molecule is C=C1C=CSC1C1=N[C@@H](c2ccc(F)cc2Cl)C(C2=N/C(=C/C(F)F)C=C2)=C2CC(NC(=O)C3CC(O)C3)CN12. The molecule has 0 spiro atoms. The lowest BCUT2D eigenvalue weighted by atomic mass is 9.81. The van der Waals surface area contributed by atoms with Crippen LogP contribution in [0.3, 0.4) is 0 Å². The smallest absolute Gasteiger partial charge is 0.259 e. The number of carbonyl (C=O) groups is 1. The van der Waals surface area contributed by atoms with Crippen molar-refractivity contribution < 1.29 is 23.1 Å². The van der Waals surface area contributed by atoms with Crippen molar-refractivity contribution in [1.29, 1.82) is 0 Å². The molecular formula is C29H26ClF3N4O2S. The van der Waals surface area contributed by atoms with Crippen molar-refractivity contribution >= 4 is 40.8 Å². The zero-order valence-corrected chi connectivity index (χ0v) is 22.8. The molecule has 2 unspecified atom stereocenters. The van der Waals surface area contributed by atoms with Crippen LogP contribution in [0.5, 0.6) is 0 Å². The van der Waals surface area contributed by atoms with Gasteiger partial charge in [-0.05, 0) is 48.1 Å². The number of alkyl halides is 2. The number of aliphatic imine (C=N–C) groups is 2. The van der Waals surface area contributed by atoms with Gasteiger partial charge in [0, 0.05) is 46.8 Å². The van der Waals surface area contributed by atoms with E-state index in [-0.39, 0.29) is 33.8 Å². The summed E-state index contributed by atoms with van der Waals surface area (Å²) in [7, 11) is 0. The highest BCUT2D eigenvalue weighted by atomic mass is 35.5. The van der Waals surface area contributed by atoms with Crippen LogP contribution >= 0.6 is 23.4 Å². The summed E-state index contributed by atoms with van der Waals surface area (Å²) in [6.07, 6.45) is 4.13. The lowest BCUT2D eigenvalue weighted by molar-refractivity contribution is -0.132. The molecule has 1 saturated heterocycles. The van der Waals surface area contributed by atoms with Gasteiger partial charge in [0.15, 0.2) is 0 Å². The Bertz CT molecular complexity index is 1460. The number of allylic oxidation sites excluding steroid dienone is 4. The summed E-state index contributed by atoms with van der Waals surface area (Å²) in [6, 6.07) is 3.19. The maximum atomic E-state index is 14.0. The molecule has 0 aromatic heterocycles. The third-order valence-corrected chi connectivity index (χ3v) is 9.09. The third kappa shape index (κ3) is 5.08. The van der Waals surface area contributed by atoms with E-state index < -0.39 is 24.4 Å². The maximum absolute atomic E-state index is 14.0. The summed E-state index contributed by atoms with van der Waals surface area (Å²) in [5.41, 5.74) is 3.54. The first-order valence-corrected chi connectivity index (χ1v) is 14.3. The number of fused-ring (bicyclic) bond motifs is 1. The minimum Gasteiger partial charge on any atom is -0.393 e. The van der Waals surface area contributed by atoms with Crippen LogP contribution in [0.25, 0.3) is 0 Å². The van der Waals surface area contributed by atoms with Crippen LogP contribution in [0.4, 0.5) is 13.2 Å². The summed E-state index contributed by atoms with van der Waals surface area (Å²) in [5.74, 6) is -0.0848. The molecule has 1 amide bonds. The zero-order valence-electron chi connectivity index (χ0n) is 21.2. The first-order chi connectivity index (χ1) is 19.2. The number of halogens is 4. The van der Waals surface area contributed by atoms with Crippen LogP contribution in [0, 0.1) is 11.7 Å². The minimum atomic E-state index is -2.66. The Morgan fingerprint density at radius 1 is 1.27 bits per heavy atom. The predicted molar refractivity (Wildman–Crippen MR) is 151 cm³/mol. The highest BCUT2D eigenvalue weighted by molar-refractivity contribution is 8.03. The van der Waals surface area contributed by atoms with Gasteiger partial charge in [0.25, 0.3) is 6.43 Å². The van der Waals surface area contributed by atoms with E-state index in [9.17, 15) is 23.1 Å².